The molecule has 1 aliphatic rings. The summed E-state index contributed by atoms with van der Waals surface area (Å²) in [6, 6.07) is 14.0. The number of likely N-dealkylation sites (N-methyl/N-ethyl adjacent to an activating group) is 1. The smallest absolute Gasteiger partial charge is 0.231 e. The van der Waals surface area contributed by atoms with Crippen molar-refractivity contribution in [2.24, 2.45) is 5.92 Å². The summed E-state index contributed by atoms with van der Waals surface area (Å²) in [5.41, 5.74) is 3.25. The lowest BCUT2D eigenvalue weighted by Gasteiger charge is -2.29. The maximum Gasteiger partial charge on any atom is 0.231 e. The third kappa shape index (κ3) is 5.05. The number of benzene rings is 2. The van der Waals surface area contributed by atoms with E-state index in [-0.39, 0.29) is 17.7 Å². The lowest BCUT2D eigenvalue weighted by molar-refractivity contribution is -0.122. The second kappa shape index (κ2) is 10.1. The zero-order valence-electron chi connectivity index (χ0n) is 18.3. The van der Waals surface area contributed by atoms with E-state index < -0.39 is 0 Å². The Morgan fingerprint density at radius 2 is 1.93 bits per heavy atom. The fourth-order valence-electron chi connectivity index (χ4n) is 4.13. The Morgan fingerprint density at radius 1 is 1.20 bits per heavy atom. The molecule has 30 heavy (non-hydrogen) atoms. The Bertz CT molecular complexity index is 893. The molecule has 0 radical (unpaired) electrons. The summed E-state index contributed by atoms with van der Waals surface area (Å²) in [4.78, 5) is 17.9. The number of hydrogen-bond acceptors (Lipinski definition) is 3. The third-order valence-corrected chi connectivity index (χ3v) is 6.02. The second-order valence-corrected chi connectivity index (χ2v) is 8.50. The van der Waals surface area contributed by atoms with Gasteiger partial charge in [-0.2, -0.15) is 0 Å². The summed E-state index contributed by atoms with van der Waals surface area (Å²) in [5.74, 6) is 0.931. The molecule has 0 aliphatic carbocycles. The highest BCUT2D eigenvalue weighted by molar-refractivity contribution is 6.30. The van der Waals surface area contributed by atoms with Crippen LogP contribution in [0.1, 0.15) is 30.4 Å². The first kappa shape index (κ1) is 22.4. The van der Waals surface area contributed by atoms with Gasteiger partial charge < -0.3 is 14.5 Å². The van der Waals surface area contributed by atoms with E-state index in [0.29, 0.717) is 18.0 Å². The van der Waals surface area contributed by atoms with Gasteiger partial charge in [-0.25, -0.2) is 0 Å². The van der Waals surface area contributed by atoms with Gasteiger partial charge in [-0.15, -0.1) is 0 Å². The number of methoxy groups -OCH3 is 1. The van der Waals surface area contributed by atoms with E-state index in [9.17, 15) is 4.79 Å². The Hall–Kier alpha value is -2.30. The first-order chi connectivity index (χ1) is 14.4. The number of allylic oxidation sites excluding steroid dienone is 2. The topological polar surface area (TPSA) is 32.8 Å². The Labute approximate surface area is 185 Å². The molecular formula is C25H31ClN2O2. The number of carbonyl (C=O) groups excluding carboxylic acids is 1. The van der Waals surface area contributed by atoms with Crippen molar-refractivity contribution in [3.63, 3.8) is 0 Å². The standard InChI is InChI=1S/C25H31ClN2O2/c1-5-6-7-22-23(18-8-11-21(30-4)12-9-18)17-19-16-20(26)10-13-24(19)28(25(22)29)15-14-27(2)3/h5-6,8-13,16,22-23H,7,14-15,17H2,1-4H3. The van der Waals surface area contributed by atoms with E-state index in [1.807, 2.05) is 62.3 Å². The predicted molar refractivity (Wildman–Crippen MR) is 125 cm³/mol. The molecular weight excluding hydrogens is 396 g/mol. The summed E-state index contributed by atoms with van der Waals surface area (Å²) < 4.78 is 5.33. The number of fused-ring (bicyclic) bond motifs is 1. The van der Waals surface area contributed by atoms with Gasteiger partial charge >= 0.3 is 0 Å². The minimum absolute atomic E-state index is 0.0705. The molecule has 0 bridgehead atoms. The van der Waals surface area contributed by atoms with Crippen LogP contribution < -0.4 is 9.64 Å². The molecule has 0 N–H and O–H groups in total. The quantitative estimate of drug-likeness (QED) is 0.573. The van der Waals surface area contributed by atoms with Crippen LogP contribution in [0.25, 0.3) is 0 Å². The summed E-state index contributed by atoms with van der Waals surface area (Å²) in [7, 11) is 5.73. The molecule has 0 spiro atoms. The van der Waals surface area contributed by atoms with E-state index >= 15 is 0 Å². The fraction of sp³-hybridized carbons (Fsp3) is 0.400. The number of halogens is 1. The van der Waals surface area contributed by atoms with E-state index in [1.54, 1.807) is 7.11 Å². The molecule has 2 atom stereocenters. The average molecular weight is 427 g/mol. The van der Waals surface area contributed by atoms with E-state index in [4.69, 9.17) is 16.3 Å². The van der Waals surface area contributed by atoms with Crippen LogP contribution in [0, 0.1) is 5.92 Å². The van der Waals surface area contributed by atoms with Crippen molar-refractivity contribution in [2.45, 2.75) is 25.7 Å². The lowest BCUT2D eigenvalue weighted by Crippen LogP contribution is -2.41. The van der Waals surface area contributed by atoms with Crippen molar-refractivity contribution < 1.29 is 9.53 Å². The predicted octanol–water partition coefficient (Wildman–Crippen LogP) is 5.17. The van der Waals surface area contributed by atoms with Crippen LogP contribution in [0.4, 0.5) is 5.69 Å². The molecule has 1 heterocycles. The van der Waals surface area contributed by atoms with Gasteiger partial charge in [-0.05, 0) is 81.2 Å². The number of carbonyl (C=O) groups is 1. The van der Waals surface area contributed by atoms with Crippen LogP contribution in [0.5, 0.6) is 5.75 Å². The average Bonchev–Trinajstić information content (AvgIpc) is 2.84. The van der Waals surface area contributed by atoms with Crippen molar-refractivity contribution >= 4 is 23.2 Å². The largest absolute Gasteiger partial charge is 0.497 e. The molecule has 1 amide bonds. The fourth-order valence-corrected chi connectivity index (χ4v) is 4.33. The second-order valence-electron chi connectivity index (χ2n) is 8.06. The number of nitrogens with zero attached hydrogens (tertiary/aromatic N) is 2. The van der Waals surface area contributed by atoms with Crippen molar-refractivity contribution in [3.8, 4) is 5.75 Å². The van der Waals surface area contributed by atoms with Gasteiger partial charge in [0.05, 0.1) is 7.11 Å². The lowest BCUT2D eigenvalue weighted by atomic mass is 9.80. The maximum absolute atomic E-state index is 13.8. The molecule has 0 saturated heterocycles. The van der Waals surface area contributed by atoms with E-state index in [0.717, 1.165) is 35.5 Å². The summed E-state index contributed by atoms with van der Waals surface area (Å²) >= 11 is 6.36. The minimum Gasteiger partial charge on any atom is -0.497 e. The monoisotopic (exact) mass is 426 g/mol. The third-order valence-electron chi connectivity index (χ3n) is 5.78. The number of ether oxygens (including phenoxy) is 1. The number of anilines is 1. The van der Waals surface area contributed by atoms with Crippen LogP contribution in [-0.4, -0.2) is 45.1 Å². The van der Waals surface area contributed by atoms with Gasteiger partial charge in [0, 0.05) is 29.7 Å². The van der Waals surface area contributed by atoms with Crippen LogP contribution >= 0.6 is 11.6 Å². The summed E-state index contributed by atoms with van der Waals surface area (Å²) in [5, 5.41) is 0.703. The molecule has 1 aliphatic heterocycles. The zero-order valence-corrected chi connectivity index (χ0v) is 19.0. The van der Waals surface area contributed by atoms with Gasteiger partial charge in [0.25, 0.3) is 0 Å². The van der Waals surface area contributed by atoms with Crippen LogP contribution in [0.2, 0.25) is 5.02 Å². The molecule has 5 heteroatoms. The highest BCUT2D eigenvalue weighted by Crippen LogP contribution is 2.40. The van der Waals surface area contributed by atoms with Crippen molar-refractivity contribution in [1.29, 1.82) is 0 Å². The minimum atomic E-state index is -0.136. The molecule has 2 unspecified atom stereocenters. The highest BCUT2D eigenvalue weighted by Gasteiger charge is 2.37. The van der Waals surface area contributed by atoms with Gasteiger partial charge in [-0.1, -0.05) is 35.9 Å². The maximum atomic E-state index is 13.8. The molecule has 2 aromatic carbocycles. The van der Waals surface area contributed by atoms with Gasteiger partial charge in [0.1, 0.15) is 5.75 Å². The van der Waals surface area contributed by atoms with Crippen molar-refractivity contribution in [2.75, 3.05) is 39.2 Å². The number of amides is 1. The molecule has 0 fully saturated rings. The molecule has 0 aromatic heterocycles. The Kier molecular flexibility index (Phi) is 7.57. The summed E-state index contributed by atoms with van der Waals surface area (Å²) in [6.07, 6.45) is 5.62. The van der Waals surface area contributed by atoms with Gasteiger partial charge in [0.15, 0.2) is 0 Å². The molecule has 3 rings (SSSR count). The SMILES string of the molecule is CC=CCC1C(=O)N(CCN(C)C)c2ccc(Cl)cc2CC1c1ccc(OC)cc1. The number of rotatable bonds is 7. The van der Waals surface area contributed by atoms with E-state index in [1.165, 1.54) is 0 Å². The first-order valence-corrected chi connectivity index (χ1v) is 10.8. The normalized spacial score (nSPS) is 19.3. The summed E-state index contributed by atoms with van der Waals surface area (Å²) in [6.45, 7) is 3.46. The molecule has 2 aromatic rings. The Balaban J connectivity index is 2.08. The first-order valence-electron chi connectivity index (χ1n) is 10.4. The highest BCUT2D eigenvalue weighted by atomic mass is 35.5. The van der Waals surface area contributed by atoms with Crippen molar-refractivity contribution in [3.05, 3.63) is 70.8 Å². The number of hydrogen-bond donors (Lipinski definition) is 0. The van der Waals surface area contributed by atoms with Gasteiger partial charge in [-0.3, -0.25) is 4.79 Å². The Morgan fingerprint density at radius 3 is 2.57 bits per heavy atom. The zero-order chi connectivity index (χ0) is 21.7. The van der Waals surface area contributed by atoms with E-state index in [2.05, 4.69) is 23.1 Å². The van der Waals surface area contributed by atoms with Crippen molar-refractivity contribution in [1.82, 2.24) is 4.90 Å². The molecule has 0 saturated carbocycles. The van der Waals surface area contributed by atoms with Crippen LogP contribution in [0.15, 0.2) is 54.6 Å². The molecule has 4 nitrogen and oxygen atoms in total. The van der Waals surface area contributed by atoms with Gasteiger partial charge in [0.2, 0.25) is 5.91 Å². The van der Waals surface area contributed by atoms with Crippen LogP contribution in [0.3, 0.4) is 0 Å². The molecule has 160 valence electrons. The van der Waals surface area contributed by atoms with Crippen LogP contribution in [-0.2, 0) is 11.2 Å².